The lowest BCUT2D eigenvalue weighted by Gasteiger charge is -2.13. The Kier molecular flexibility index (Phi) is 3.57. The van der Waals surface area contributed by atoms with Crippen molar-refractivity contribution in [2.75, 3.05) is 7.05 Å². The number of aromatic nitrogens is 2. The van der Waals surface area contributed by atoms with E-state index in [-0.39, 0.29) is 0 Å². The molecule has 1 unspecified atom stereocenters. The maximum absolute atomic E-state index is 3.99. The Balaban J connectivity index is 2.78. The predicted molar refractivity (Wildman–Crippen MR) is 55.9 cm³/mol. The van der Waals surface area contributed by atoms with Crippen molar-refractivity contribution < 1.29 is 0 Å². The molecule has 1 heterocycles. The molecule has 0 fully saturated rings. The third-order valence-electron chi connectivity index (χ3n) is 1.90. The van der Waals surface area contributed by atoms with Gasteiger partial charge in [-0.3, -0.25) is 0 Å². The highest BCUT2D eigenvalue weighted by Crippen LogP contribution is 2.24. The van der Waals surface area contributed by atoms with E-state index in [9.17, 15) is 0 Å². The van der Waals surface area contributed by atoms with Crippen molar-refractivity contribution in [3.63, 3.8) is 0 Å². The van der Waals surface area contributed by atoms with Gasteiger partial charge in [-0.2, -0.15) is 0 Å². The number of aryl methyl sites for hydroxylation is 1. The van der Waals surface area contributed by atoms with Crippen molar-refractivity contribution in [3.05, 3.63) is 22.7 Å². The van der Waals surface area contributed by atoms with Crippen LogP contribution in [0.2, 0.25) is 0 Å². The van der Waals surface area contributed by atoms with Crippen molar-refractivity contribution in [1.29, 1.82) is 0 Å². The molecular formula is C9H15N3S. The topological polar surface area (TPSA) is 37.8 Å². The molecule has 72 valence electrons. The van der Waals surface area contributed by atoms with Crippen LogP contribution >= 0.6 is 11.5 Å². The maximum atomic E-state index is 3.99. The van der Waals surface area contributed by atoms with Crippen LogP contribution in [0.5, 0.6) is 0 Å². The highest BCUT2D eigenvalue weighted by molar-refractivity contribution is 7.05. The summed E-state index contributed by atoms with van der Waals surface area (Å²) in [6.45, 7) is 7.93. The Morgan fingerprint density at radius 1 is 1.69 bits per heavy atom. The van der Waals surface area contributed by atoms with Crippen molar-refractivity contribution >= 4 is 11.5 Å². The van der Waals surface area contributed by atoms with Crippen molar-refractivity contribution in [2.24, 2.45) is 0 Å². The first-order valence-corrected chi connectivity index (χ1v) is 5.03. The number of nitrogens with one attached hydrogen (secondary N) is 1. The van der Waals surface area contributed by atoms with Gasteiger partial charge in [0.25, 0.3) is 0 Å². The van der Waals surface area contributed by atoms with E-state index >= 15 is 0 Å². The molecule has 0 saturated carbocycles. The standard InChI is InChI=1S/C9H15N3S/c1-6(2)5-8(10-4)9-7(3)11-12-13-9/h8,10H,1,5H2,2-4H3. The molecule has 0 saturated heterocycles. The van der Waals surface area contributed by atoms with Crippen molar-refractivity contribution in [3.8, 4) is 0 Å². The summed E-state index contributed by atoms with van der Waals surface area (Å²) in [6.07, 6.45) is 0.946. The summed E-state index contributed by atoms with van der Waals surface area (Å²) in [5, 5.41) is 7.24. The third-order valence-corrected chi connectivity index (χ3v) is 2.84. The molecule has 0 bridgehead atoms. The smallest absolute Gasteiger partial charge is 0.0772 e. The molecule has 13 heavy (non-hydrogen) atoms. The minimum absolute atomic E-state index is 0.317. The number of nitrogens with zero attached hydrogens (tertiary/aromatic N) is 2. The number of hydrogen-bond donors (Lipinski definition) is 1. The van der Waals surface area contributed by atoms with Gasteiger partial charge in [0.1, 0.15) is 0 Å². The van der Waals surface area contributed by atoms with Gasteiger partial charge in [-0.25, -0.2) is 0 Å². The SMILES string of the molecule is C=C(C)CC(NC)c1snnc1C. The van der Waals surface area contributed by atoms with Gasteiger partial charge in [0.15, 0.2) is 0 Å². The molecule has 0 spiro atoms. The average molecular weight is 197 g/mol. The third kappa shape index (κ3) is 2.60. The summed E-state index contributed by atoms with van der Waals surface area (Å²) in [6, 6.07) is 0.317. The van der Waals surface area contributed by atoms with Gasteiger partial charge in [0.2, 0.25) is 0 Å². The number of hydrogen-bond acceptors (Lipinski definition) is 4. The average Bonchev–Trinajstić information content (AvgIpc) is 2.47. The fraction of sp³-hybridized carbons (Fsp3) is 0.556. The molecule has 4 heteroatoms. The fourth-order valence-corrected chi connectivity index (χ4v) is 1.98. The minimum Gasteiger partial charge on any atom is -0.312 e. The Labute approximate surface area is 83.0 Å². The lowest BCUT2D eigenvalue weighted by molar-refractivity contribution is 0.595. The van der Waals surface area contributed by atoms with Gasteiger partial charge < -0.3 is 5.32 Å². The zero-order chi connectivity index (χ0) is 9.84. The molecule has 1 aromatic rings. The lowest BCUT2D eigenvalue weighted by Crippen LogP contribution is -2.16. The van der Waals surface area contributed by atoms with Crippen LogP contribution in [0.25, 0.3) is 0 Å². The molecule has 1 atom stereocenters. The van der Waals surface area contributed by atoms with Crippen molar-refractivity contribution in [2.45, 2.75) is 26.3 Å². The first kappa shape index (κ1) is 10.3. The van der Waals surface area contributed by atoms with E-state index in [2.05, 4.69) is 21.5 Å². The first-order chi connectivity index (χ1) is 6.15. The molecule has 0 aliphatic heterocycles. The van der Waals surface area contributed by atoms with Gasteiger partial charge in [-0.05, 0) is 38.8 Å². The van der Waals surface area contributed by atoms with Gasteiger partial charge in [-0.1, -0.05) is 10.1 Å². The van der Waals surface area contributed by atoms with Crippen LogP contribution in [0.1, 0.15) is 30.0 Å². The summed E-state index contributed by atoms with van der Waals surface area (Å²) >= 11 is 1.46. The largest absolute Gasteiger partial charge is 0.312 e. The Bertz CT molecular complexity index is 293. The zero-order valence-electron chi connectivity index (χ0n) is 8.29. The molecule has 0 radical (unpaired) electrons. The summed E-state index contributed by atoms with van der Waals surface area (Å²) in [5.41, 5.74) is 2.19. The minimum atomic E-state index is 0.317. The van der Waals surface area contributed by atoms with Crippen LogP contribution in [0, 0.1) is 6.92 Å². The molecule has 3 nitrogen and oxygen atoms in total. The van der Waals surface area contributed by atoms with Crippen LogP contribution in [0.4, 0.5) is 0 Å². The summed E-state index contributed by atoms with van der Waals surface area (Å²) in [4.78, 5) is 1.21. The Morgan fingerprint density at radius 2 is 2.38 bits per heavy atom. The Morgan fingerprint density at radius 3 is 2.77 bits per heavy atom. The van der Waals surface area contributed by atoms with Gasteiger partial charge >= 0.3 is 0 Å². The second-order valence-corrected chi connectivity index (χ2v) is 4.01. The second kappa shape index (κ2) is 4.48. The molecule has 0 amide bonds. The normalized spacial score (nSPS) is 12.8. The molecule has 1 rings (SSSR count). The van der Waals surface area contributed by atoms with Crippen LogP contribution in [-0.2, 0) is 0 Å². The summed E-state index contributed by atoms with van der Waals surface area (Å²) < 4.78 is 3.92. The molecule has 1 aromatic heterocycles. The quantitative estimate of drug-likeness (QED) is 0.751. The summed E-state index contributed by atoms with van der Waals surface area (Å²) in [5.74, 6) is 0. The van der Waals surface area contributed by atoms with Gasteiger partial charge in [0, 0.05) is 6.04 Å². The predicted octanol–water partition coefficient (Wildman–Crippen LogP) is 2.07. The first-order valence-electron chi connectivity index (χ1n) is 4.25. The second-order valence-electron chi connectivity index (χ2n) is 3.23. The Hall–Kier alpha value is -0.740. The molecule has 0 aliphatic rings. The maximum Gasteiger partial charge on any atom is 0.0772 e. The van der Waals surface area contributed by atoms with E-state index in [1.807, 2.05) is 20.9 Å². The van der Waals surface area contributed by atoms with Crippen LogP contribution < -0.4 is 5.32 Å². The van der Waals surface area contributed by atoms with Crippen LogP contribution in [0.15, 0.2) is 12.2 Å². The van der Waals surface area contributed by atoms with E-state index in [0.717, 1.165) is 12.1 Å². The van der Waals surface area contributed by atoms with Gasteiger partial charge in [0.05, 0.1) is 10.6 Å². The van der Waals surface area contributed by atoms with E-state index in [1.165, 1.54) is 22.0 Å². The zero-order valence-corrected chi connectivity index (χ0v) is 9.11. The van der Waals surface area contributed by atoms with Crippen LogP contribution in [-0.4, -0.2) is 16.6 Å². The van der Waals surface area contributed by atoms with Crippen LogP contribution in [0.3, 0.4) is 0 Å². The van der Waals surface area contributed by atoms with Crippen molar-refractivity contribution in [1.82, 2.24) is 14.9 Å². The monoisotopic (exact) mass is 197 g/mol. The molecule has 0 aliphatic carbocycles. The summed E-state index contributed by atoms with van der Waals surface area (Å²) in [7, 11) is 1.95. The fourth-order valence-electron chi connectivity index (χ4n) is 1.23. The van der Waals surface area contributed by atoms with E-state index in [0.29, 0.717) is 6.04 Å². The lowest BCUT2D eigenvalue weighted by atomic mass is 10.1. The number of rotatable bonds is 4. The highest BCUT2D eigenvalue weighted by atomic mass is 32.1. The van der Waals surface area contributed by atoms with E-state index < -0.39 is 0 Å². The molecule has 1 N–H and O–H groups in total. The molecule has 0 aromatic carbocycles. The van der Waals surface area contributed by atoms with E-state index in [4.69, 9.17) is 0 Å². The molecular weight excluding hydrogens is 182 g/mol. The van der Waals surface area contributed by atoms with Gasteiger partial charge in [-0.15, -0.1) is 11.7 Å². The van der Waals surface area contributed by atoms with E-state index in [1.54, 1.807) is 0 Å². The highest BCUT2D eigenvalue weighted by Gasteiger charge is 2.14.